The number of nitrogens with one attached hydrogen (secondary N) is 2. The number of amides is 2. The molecule has 3 rings (SSSR count). The van der Waals surface area contributed by atoms with Crippen LogP contribution in [0.5, 0.6) is 0 Å². The Bertz CT molecular complexity index is 1060. The first-order valence-electron chi connectivity index (χ1n) is 8.41. The predicted molar refractivity (Wildman–Crippen MR) is 106 cm³/mol. The van der Waals surface area contributed by atoms with Crippen molar-refractivity contribution in [2.75, 3.05) is 0 Å². The van der Waals surface area contributed by atoms with Crippen LogP contribution in [0.1, 0.15) is 33.1 Å². The molecule has 0 fully saturated rings. The largest absolute Gasteiger partial charge is 0.469 e. The van der Waals surface area contributed by atoms with E-state index in [1.54, 1.807) is 29.8 Å². The molecule has 0 saturated heterocycles. The number of furan rings is 1. The molecule has 7 nitrogen and oxygen atoms in total. The number of carbonyl (C=O) groups excluding carboxylic acids is 2. The lowest BCUT2D eigenvalue weighted by atomic mass is 10.1. The highest BCUT2D eigenvalue weighted by Gasteiger charge is 2.18. The molecule has 3 aromatic rings. The van der Waals surface area contributed by atoms with E-state index in [0.29, 0.717) is 32.8 Å². The molecule has 2 N–H and O–H groups in total. The van der Waals surface area contributed by atoms with Gasteiger partial charge in [0.2, 0.25) is 5.91 Å². The van der Waals surface area contributed by atoms with Gasteiger partial charge in [-0.25, -0.2) is 4.68 Å². The zero-order chi connectivity index (χ0) is 20.4. The number of hydrazine groups is 1. The highest BCUT2D eigenvalue weighted by Crippen LogP contribution is 2.27. The van der Waals surface area contributed by atoms with E-state index in [2.05, 4.69) is 16.0 Å². The molecule has 1 aromatic carbocycles. The van der Waals surface area contributed by atoms with E-state index in [1.807, 2.05) is 13.8 Å². The van der Waals surface area contributed by atoms with Gasteiger partial charge in [0.1, 0.15) is 5.76 Å². The SMILES string of the molecule is Cc1nn(-c2ccc(Cl)cc2Cl)c(C)c1CC(=O)NNC(=O)c1ccoc1C. The van der Waals surface area contributed by atoms with Crippen molar-refractivity contribution in [3.05, 3.63) is 68.8 Å². The van der Waals surface area contributed by atoms with Crippen molar-refractivity contribution in [3.63, 3.8) is 0 Å². The van der Waals surface area contributed by atoms with Gasteiger partial charge in [0, 0.05) is 16.3 Å². The lowest BCUT2D eigenvalue weighted by Crippen LogP contribution is -2.42. The Morgan fingerprint density at radius 1 is 1.14 bits per heavy atom. The van der Waals surface area contributed by atoms with Crippen LogP contribution in [-0.2, 0) is 11.2 Å². The van der Waals surface area contributed by atoms with Gasteiger partial charge in [-0.3, -0.25) is 20.4 Å². The number of aryl methyl sites for hydroxylation is 2. The van der Waals surface area contributed by atoms with E-state index in [4.69, 9.17) is 27.6 Å². The molecule has 9 heteroatoms. The number of hydrogen-bond donors (Lipinski definition) is 2. The maximum Gasteiger partial charge on any atom is 0.273 e. The Morgan fingerprint density at radius 3 is 2.54 bits per heavy atom. The topological polar surface area (TPSA) is 89.2 Å². The van der Waals surface area contributed by atoms with E-state index >= 15 is 0 Å². The summed E-state index contributed by atoms with van der Waals surface area (Å²) in [6, 6.07) is 6.65. The summed E-state index contributed by atoms with van der Waals surface area (Å²) in [5.41, 5.74) is 8.02. The Labute approximate surface area is 171 Å². The second kappa shape index (κ2) is 8.08. The molecule has 2 heterocycles. The van der Waals surface area contributed by atoms with Gasteiger partial charge in [0.25, 0.3) is 5.91 Å². The third-order valence-corrected chi connectivity index (χ3v) is 4.87. The molecule has 0 unspecified atom stereocenters. The third kappa shape index (κ3) is 4.05. The molecule has 0 aliphatic heterocycles. The Kier molecular flexibility index (Phi) is 5.76. The molecule has 0 atom stereocenters. The average molecular weight is 421 g/mol. The van der Waals surface area contributed by atoms with Crippen LogP contribution in [0.2, 0.25) is 10.0 Å². The lowest BCUT2D eigenvalue weighted by molar-refractivity contribution is -0.121. The van der Waals surface area contributed by atoms with Gasteiger partial charge >= 0.3 is 0 Å². The van der Waals surface area contributed by atoms with Crippen molar-refractivity contribution in [2.24, 2.45) is 0 Å². The van der Waals surface area contributed by atoms with Crippen LogP contribution in [0.25, 0.3) is 5.69 Å². The number of benzene rings is 1. The fraction of sp³-hybridized carbons (Fsp3) is 0.211. The van der Waals surface area contributed by atoms with Crippen LogP contribution in [0, 0.1) is 20.8 Å². The number of halogens is 2. The van der Waals surface area contributed by atoms with Crippen molar-refractivity contribution in [2.45, 2.75) is 27.2 Å². The quantitative estimate of drug-likeness (QED) is 0.629. The van der Waals surface area contributed by atoms with E-state index < -0.39 is 5.91 Å². The molecule has 0 bridgehead atoms. The zero-order valence-corrected chi connectivity index (χ0v) is 17.0. The maximum absolute atomic E-state index is 12.3. The van der Waals surface area contributed by atoms with Gasteiger partial charge in [-0.2, -0.15) is 5.10 Å². The minimum absolute atomic E-state index is 0.0491. The molecule has 0 aliphatic rings. The van der Waals surface area contributed by atoms with Crippen molar-refractivity contribution < 1.29 is 14.0 Å². The van der Waals surface area contributed by atoms with Gasteiger partial charge in [-0.15, -0.1) is 0 Å². The first-order chi connectivity index (χ1) is 13.3. The number of rotatable bonds is 4. The van der Waals surface area contributed by atoms with Gasteiger partial charge in [0.15, 0.2) is 0 Å². The molecule has 0 saturated carbocycles. The molecule has 2 amide bonds. The van der Waals surface area contributed by atoms with Crippen molar-refractivity contribution in [1.29, 1.82) is 0 Å². The standard InChI is InChI=1S/C19H18Cl2N4O3/c1-10-15(9-18(26)22-23-19(27)14-6-7-28-12(14)3)11(2)25(24-10)17-5-4-13(20)8-16(17)21/h4-8H,9H2,1-3H3,(H,22,26)(H,23,27). The first kappa shape index (κ1) is 20.0. The minimum Gasteiger partial charge on any atom is -0.469 e. The summed E-state index contributed by atoms with van der Waals surface area (Å²) >= 11 is 12.2. The maximum atomic E-state index is 12.3. The Morgan fingerprint density at radius 2 is 1.89 bits per heavy atom. The second-order valence-electron chi connectivity index (χ2n) is 6.23. The third-order valence-electron chi connectivity index (χ3n) is 4.34. The molecule has 0 aliphatic carbocycles. The molecule has 0 spiro atoms. The zero-order valence-electron chi connectivity index (χ0n) is 15.5. The number of carbonyl (C=O) groups is 2. The van der Waals surface area contributed by atoms with Crippen LogP contribution < -0.4 is 10.9 Å². The van der Waals surface area contributed by atoms with Gasteiger partial charge < -0.3 is 4.42 Å². The monoisotopic (exact) mass is 420 g/mol. The molecule has 0 radical (unpaired) electrons. The highest BCUT2D eigenvalue weighted by atomic mass is 35.5. The molecular weight excluding hydrogens is 403 g/mol. The average Bonchev–Trinajstić information content (AvgIpc) is 3.18. The van der Waals surface area contributed by atoms with E-state index in [0.717, 1.165) is 11.3 Å². The van der Waals surface area contributed by atoms with Crippen molar-refractivity contribution in [1.82, 2.24) is 20.6 Å². The summed E-state index contributed by atoms with van der Waals surface area (Å²) in [4.78, 5) is 24.3. The van der Waals surface area contributed by atoms with E-state index in [9.17, 15) is 9.59 Å². The summed E-state index contributed by atoms with van der Waals surface area (Å²) in [7, 11) is 0. The van der Waals surface area contributed by atoms with Crippen LogP contribution in [-0.4, -0.2) is 21.6 Å². The summed E-state index contributed by atoms with van der Waals surface area (Å²) in [6.45, 7) is 5.32. The van der Waals surface area contributed by atoms with Crippen LogP contribution >= 0.6 is 23.2 Å². The van der Waals surface area contributed by atoms with E-state index in [-0.39, 0.29) is 12.3 Å². The van der Waals surface area contributed by atoms with Crippen molar-refractivity contribution in [3.8, 4) is 5.69 Å². The number of nitrogens with zero attached hydrogens (tertiary/aromatic N) is 2. The second-order valence-corrected chi connectivity index (χ2v) is 7.07. The molecule has 146 valence electrons. The Hall–Kier alpha value is -2.77. The predicted octanol–water partition coefficient (Wildman–Crippen LogP) is 3.70. The van der Waals surface area contributed by atoms with Crippen LogP contribution in [0.15, 0.2) is 34.9 Å². The smallest absolute Gasteiger partial charge is 0.273 e. The van der Waals surface area contributed by atoms with Crippen molar-refractivity contribution >= 4 is 35.0 Å². The molecular formula is C19H18Cl2N4O3. The summed E-state index contributed by atoms with van der Waals surface area (Å²) in [6.07, 6.45) is 1.46. The highest BCUT2D eigenvalue weighted by molar-refractivity contribution is 6.35. The fourth-order valence-corrected chi connectivity index (χ4v) is 3.33. The lowest BCUT2D eigenvalue weighted by Gasteiger charge is -2.09. The number of aromatic nitrogens is 2. The van der Waals surface area contributed by atoms with Crippen LogP contribution in [0.3, 0.4) is 0 Å². The Balaban J connectivity index is 1.72. The number of hydrogen-bond acceptors (Lipinski definition) is 4. The fourth-order valence-electron chi connectivity index (χ4n) is 2.84. The normalized spacial score (nSPS) is 10.8. The molecule has 28 heavy (non-hydrogen) atoms. The first-order valence-corrected chi connectivity index (χ1v) is 9.17. The summed E-state index contributed by atoms with van der Waals surface area (Å²) < 4.78 is 6.75. The summed E-state index contributed by atoms with van der Waals surface area (Å²) in [5, 5.41) is 5.46. The minimum atomic E-state index is -0.448. The van der Waals surface area contributed by atoms with Crippen LogP contribution in [0.4, 0.5) is 0 Å². The molecule has 2 aromatic heterocycles. The summed E-state index contributed by atoms with van der Waals surface area (Å²) in [5.74, 6) is -0.348. The van der Waals surface area contributed by atoms with E-state index in [1.165, 1.54) is 12.3 Å². The van der Waals surface area contributed by atoms with Gasteiger partial charge in [0.05, 0.1) is 34.7 Å². The van der Waals surface area contributed by atoms with Gasteiger partial charge in [-0.05, 0) is 45.0 Å². The van der Waals surface area contributed by atoms with Gasteiger partial charge in [-0.1, -0.05) is 23.2 Å².